The molecule has 0 unspecified atom stereocenters. The van der Waals surface area contributed by atoms with E-state index >= 15 is 0 Å². The van der Waals surface area contributed by atoms with Crippen LogP contribution in [0.25, 0.3) is 0 Å². The molecule has 0 spiro atoms. The number of carbonyl (C=O) groups excluding carboxylic acids is 1. The summed E-state index contributed by atoms with van der Waals surface area (Å²) >= 11 is 0. The largest absolute Gasteiger partial charge is 0.497 e. The van der Waals surface area contributed by atoms with E-state index in [9.17, 15) is 4.79 Å². The number of hydrogen-bond acceptors (Lipinski definition) is 3. The highest BCUT2D eigenvalue weighted by molar-refractivity contribution is 5.97. The molecule has 0 atom stereocenters. The first kappa shape index (κ1) is 12.2. The molecule has 92 valence electrons. The summed E-state index contributed by atoms with van der Waals surface area (Å²) in [5.74, 6) is 1.37. The van der Waals surface area contributed by atoms with Crippen LogP contribution in [0.15, 0.2) is 54.6 Å². The number of rotatable bonds is 5. The van der Waals surface area contributed by atoms with Gasteiger partial charge in [0.15, 0.2) is 12.4 Å². The van der Waals surface area contributed by atoms with Crippen LogP contribution in [0.2, 0.25) is 0 Å². The molecule has 0 N–H and O–H groups in total. The first-order valence-electron chi connectivity index (χ1n) is 5.64. The predicted octanol–water partition coefficient (Wildman–Crippen LogP) is 2.96. The number of benzene rings is 2. The summed E-state index contributed by atoms with van der Waals surface area (Å²) in [5.41, 5.74) is 0.617. The van der Waals surface area contributed by atoms with Crippen molar-refractivity contribution in [1.82, 2.24) is 0 Å². The van der Waals surface area contributed by atoms with E-state index in [1.807, 2.05) is 30.3 Å². The van der Waals surface area contributed by atoms with Gasteiger partial charge in [0, 0.05) is 5.56 Å². The van der Waals surface area contributed by atoms with E-state index in [0.717, 1.165) is 5.75 Å². The third kappa shape index (κ3) is 3.10. The zero-order valence-electron chi connectivity index (χ0n) is 10.1. The van der Waals surface area contributed by atoms with Crippen molar-refractivity contribution in [2.45, 2.75) is 0 Å². The number of Topliss-reactive ketones (excluding diaryl/α,β-unsaturated/α-hetero) is 1. The molecule has 0 saturated heterocycles. The predicted molar refractivity (Wildman–Crippen MR) is 69.3 cm³/mol. The summed E-state index contributed by atoms with van der Waals surface area (Å²) in [6, 6.07) is 16.3. The maximum absolute atomic E-state index is 11.9. The number of ether oxygens (including phenoxy) is 2. The summed E-state index contributed by atoms with van der Waals surface area (Å²) in [4.78, 5) is 11.9. The van der Waals surface area contributed by atoms with Gasteiger partial charge in [0.05, 0.1) is 7.11 Å². The lowest BCUT2D eigenvalue weighted by Crippen LogP contribution is -2.11. The molecule has 2 aromatic carbocycles. The van der Waals surface area contributed by atoms with E-state index in [0.29, 0.717) is 11.3 Å². The maximum Gasteiger partial charge on any atom is 0.200 e. The summed E-state index contributed by atoms with van der Waals surface area (Å²) in [7, 11) is 1.59. The molecule has 3 heteroatoms. The summed E-state index contributed by atoms with van der Waals surface area (Å²) in [6.07, 6.45) is 0. The van der Waals surface area contributed by atoms with E-state index in [4.69, 9.17) is 9.47 Å². The van der Waals surface area contributed by atoms with Crippen LogP contribution in [0.5, 0.6) is 11.5 Å². The highest BCUT2D eigenvalue weighted by atomic mass is 16.5. The van der Waals surface area contributed by atoms with Crippen molar-refractivity contribution in [2.75, 3.05) is 13.7 Å². The van der Waals surface area contributed by atoms with Gasteiger partial charge in [0.2, 0.25) is 0 Å². The highest BCUT2D eigenvalue weighted by Crippen LogP contribution is 2.13. The molecule has 0 aromatic heterocycles. The molecule has 0 fully saturated rings. The van der Waals surface area contributed by atoms with Gasteiger partial charge in [-0.25, -0.2) is 0 Å². The Morgan fingerprint density at radius 1 is 0.944 bits per heavy atom. The molecular weight excluding hydrogens is 228 g/mol. The van der Waals surface area contributed by atoms with Gasteiger partial charge in [-0.15, -0.1) is 0 Å². The first-order chi connectivity index (χ1) is 8.79. The first-order valence-corrected chi connectivity index (χ1v) is 5.64. The normalized spacial score (nSPS) is 9.83. The molecule has 0 saturated carbocycles. The van der Waals surface area contributed by atoms with Crippen LogP contribution in [-0.4, -0.2) is 19.5 Å². The fourth-order valence-electron chi connectivity index (χ4n) is 1.53. The van der Waals surface area contributed by atoms with Crippen molar-refractivity contribution in [1.29, 1.82) is 0 Å². The summed E-state index contributed by atoms with van der Waals surface area (Å²) in [5, 5.41) is 0. The van der Waals surface area contributed by atoms with Crippen LogP contribution in [0.3, 0.4) is 0 Å². The Morgan fingerprint density at radius 3 is 2.22 bits per heavy atom. The van der Waals surface area contributed by atoms with Crippen LogP contribution in [0.4, 0.5) is 0 Å². The molecule has 2 rings (SSSR count). The van der Waals surface area contributed by atoms with Crippen LogP contribution in [-0.2, 0) is 0 Å². The van der Waals surface area contributed by atoms with Crippen molar-refractivity contribution in [3.63, 3.8) is 0 Å². The third-order valence-corrected chi connectivity index (χ3v) is 2.53. The Morgan fingerprint density at radius 2 is 1.61 bits per heavy atom. The lowest BCUT2D eigenvalue weighted by molar-refractivity contribution is 0.0921. The fraction of sp³-hybridized carbons (Fsp3) is 0.133. The molecule has 0 amide bonds. The lowest BCUT2D eigenvalue weighted by Gasteiger charge is -2.05. The quantitative estimate of drug-likeness (QED) is 0.756. The molecule has 0 heterocycles. The zero-order valence-corrected chi connectivity index (χ0v) is 10.1. The zero-order chi connectivity index (χ0) is 12.8. The standard InChI is InChI=1S/C15H14O3/c1-17-13-9-7-12(8-10-13)15(16)11-18-14-5-3-2-4-6-14/h2-10H,11H2,1H3. The summed E-state index contributed by atoms with van der Waals surface area (Å²) < 4.78 is 10.4. The maximum atomic E-state index is 11.9. The van der Waals surface area contributed by atoms with E-state index < -0.39 is 0 Å². The van der Waals surface area contributed by atoms with Gasteiger partial charge in [0.25, 0.3) is 0 Å². The van der Waals surface area contributed by atoms with E-state index in [2.05, 4.69) is 0 Å². The summed E-state index contributed by atoms with van der Waals surface area (Å²) in [6.45, 7) is 0.0380. The minimum Gasteiger partial charge on any atom is -0.497 e. The van der Waals surface area contributed by atoms with Crippen LogP contribution in [0, 0.1) is 0 Å². The minimum absolute atomic E-state index is 0.0380. The second-order valence-electron chi connectivity index (χ2n) is 3.75. The SMILES string of the molecule is COc1ccc(C(=O)COc2ccccc2)cc1. The van der Waals surface area contributed by atoms with Crippen molar-refractivity contribution in [3.05, 3.63) is 60.2 Å². The van der Waals surface area contributed by atoms with Crippen molar-refractivity contribution in [3.8, 4) is 11.5 Å². The van der Waals surface area contributed by atoms with Crippen LogP contribution in [0.1, 0.15) is 10.4 Å². The van der Waals surface area contributed by atoms with Gasteiger partial charge in [-0.3, -0.25) is 4.79 Å². The highest BCUT2D eigenvalue weighted by Gasteiger charge is 2.06. The molecule has 0 bridgehead atoms. The van der Waals surface area contributed by atoms with Gasteiger partial charge in [-0.1, -0.05) is 18.2 Å². The Hall–Kier alpha value is -2.29. The van der Waals surface area contributed by atoms with Crippen LogP contribution >= 0.6 is 0 Å². The number of para-hydroxylation sites is 1. The molecule has 2 aromatic rings. The van der Waals surface area contributed by atoms with Crippen molar-refractivity contribution in [2.24, 2.45) is 0 Å². The average Bonchev–Trinajstić information content (AvgIpc) is 2.46. The van der Waals surface area contributed by atoms with Gasteiger partial charge in [-0.2, -0.15) is 0 Å². The van der Waals surface area contributed by atoms with E-state index in [1.54, 1.807) is 31.4 Å². The molecule has 0 aliphatic carbocycles. The fourth-order valence-corrected chi connectivity index (χ4v) is 1.53. The lowest BCUT2D eigenvalue weighted by atomic mass is 10.1. The molecule has 0 aliphatic rings. The molecular formula is C15H14O3. The molecule has 0 aliphatic heterocycles. The van der Waals surface area contributed by atoms with Crippen molar-refractivity contribution >= 4 is 5.78 Å². The number of ketones is 1. The third-order valence-electron chi connectivity index (χ3n) is 2.53. The number of methoxy groups -OCH3 is 1. The van der Waals surface area contributed by atoms with E-state index in [1.165, 1.54) is 0 Å². The topological polar surface area (TPSA) is 35.5 Å². The monoisotopic (exact) mass is 242 g/mol. The number of carbonyl (C=O) groups is 1. The minimum atomic E-state index is -0.0542. The van der Waals surface area contributed by atoms with Crippen molar-refractivity contribution < 1.29 is 14.3 Å². The Bertz CT molecular complexity index is 503. The van der Waals surface area contributed by atoms with Crippen LogP contribution < -0.4 is 9.47 Å². The molecule has 3 nitrogen and oxygen atoms in total. The van der Waals surface area contributed by atoms with Gasteiger partial charge >= 0.3 is 0 Å². The second-order valence-corrected chi connectivity index (χ2v) is 3.75. The Balaban J connectivity index is 1.95. The van der Waals surface area contributed by atoms with Gasteiger partial charge in [0.1, 0.15) is 11.5 Å². The van der Waals surface area contributed by atoms with Gasteiger partial charge in [-0.05, 0) is 36.4 Å². The van der Waals surface area contributed by atoms with E-state index in [-0.39, 0.29) is 12.4 Å². The molecule has 18 heavy (non-hydrogen) atoms. The van der Waals surface area contributed by atoms with Gasteiger partial charge < -0.3 is 9.47 Å². The Kier molecular flexibility index (Phi) is 3.97. The Labute approximate surface area is 106 Å². The smallest absolute Gasteiger partial charge is 0.200 e. The average molecular weight is 242 g/mol. The number of hydrogen-bond donors (Lipinski definition) is 0. The molecule has 0 radical (unpaired) electrons. The second kappa shape index (κ2) is 5.87.